The monoisotopic (exact) mass is 402 g/mol. The molecule has 0 radical (unpaired) electrons. The zero-order chi connectivity index (χ0) is 21.0. The Bertz CT molecular complexity index is 1070. The molecule has 30 heavy (non-hydrogen) atoms. The molecule has 0 spiro atoms. The number of ether oxygens (including phenoxy) is 2. The summed E-state index contributed by atoms with van der Waals surface area (Å²) in [5, 5.41) is 9.61. The number of hydrogen-bond donors (Lipinski definition) is 1. The molecule has 1 unspecified atom stereocenters. The van der Waals surface area contributed by atoms with E-state index in [9.17, 15) is 5.26 Å². The summed E-state index contributed by atoms with van der Waals surface area (Å²) in [6.07, 6.45) is 7.30. The van der Waals surface area contributed by atoms with Crippen molar-refractivity contribution in [1.82, 2.24) is 9.55 Å². The molecule has 0 saturated heterocycles. The number of hydrogen-bond acceptors (Lipinski definition) is 5. The van der Waals surface area contributed by atoms with E-state index in [0.29, 0.717) is 30.3 Å². The molecule has 6 nitrogen and oxygen atoms in total. The van der Waals surface area contributed by atoms with E-state index in [0.717, 1.165) is 42.5 Å². The van der Waals surface area contributed by atoms with E-state index in [1.54, 1.807) is 12.4 Å². The predicted molar refractivity (Wildman–Crippen MR) is 114 cm³/mol. The van der Waals surface area contributed by atoms with Crippen LogP contribution < -0.4 is 10.5 Å². The van der Waals surface area contributed by atoms with Crippen LogP contribution in [0.4, 0.5) is 0 Å². The summed E-state index contributed by atoms with van der Waals surface area (Å²) < 4.78 is 13.9. The quantitative estimate of drug-likeness (QED) is 0.653. The van der Waals surface area contributed by atoms with Gasteiger partial charge in [-0.15, -0.1) is 0 Å². The van der Waals surface area contributed by atoms with Gasteiger partial charge in [0.2, 0.25) is 0 Å². The maximum absolute atomic E-state index is 9.61. The molecule has 4 rings (SSSR count). The minimum absolute atomic E-state index is 0.470. The van der Waals surface area contributed by atoms with Crippen molar-refractivity contribution < 1.29 is 9.47 Å². The maximum Gasteiger partial charge on any atom is 0.145 e. The average Bonchev–Trinajstić information content (AvgIpc) is 3.19. The smallest absolute Gasteiger partial charge is 0.145 e. The number of aryl methyl sites for hydroxylation is 1. The van der Waals surface area contributed by atoms with Gasteiger partial charge in [0.25, 0.3) is 0 Å². The van der Waals surface area contributed by atoms with Crippen LogP contribution in [-0.4, -0.2) is 16.2 Å². The molecule has 2 heterocycles. The standard InChI is InChI=1S/C24H26N4O2/c1-28-17-27-15-23(28)24(26)10-3-2-4-11-29-16-18-6-5-7-21(12-18)30-22-13-20(24)9-8-19(22)14-25/h5-9,12-13,15,17H,2-4,10-11,16,26H2,1H3. The summed E-state index contributed by atoms with van der Waals surface area (Å²) in [7, 11) is 1.95. The van der Waals surface area contributed by atoms with Crippen LogP contribution in [0, 0.1) is 11.3 Å². The van der Waals surface area contributed by atoms with E-state index in [1.165, 1.54) is 0 Å². The second-order valence-electron chi connectivity index (χ2n) is 7.80. The fourth-order valence-electron chi connectivity index (χ4n) is 3.98. The number of rotatable bonds is 1. The largest absolute Gasteiger partial charge is 0.456 e. The number of nitrogens with two attached hydrogens (primary N) is 1. The first kappa shape index (κ1) is 20.1. The van der Waals surface area contributed by atoms with E-state index in [2.05, 4.69) is 11.1 Å². The highest BCUT2D eigenvalue weighted by Crippen LogP contribution is 2.36. The Labute approximate surface area is 176 Å². The highest BCUT2D eigenvalue weighted by molar-refractivity contribution is 5.50. The molecule has 1 aliphatic heterocycles. The van der Waals surface area contributed by atoms with Gasteiger partial charge in [-0.25, -0.2) is 4.98 Å². The number of nitriles is 1. The van der Waals surface area contributed by atoms with Gasteiger partial charge >= 0.3 is 0 Å². The van der Waals surface area contributed by atoms with Crippen LogP contribution in [0.15, 0.2) is 55.0 Å². The van der Waals surface area contributed by atoms with Gasteiger partial charge in [-0.3, -0.25) is 0 Å². The summed E-state index contributed by atoms with van der Waals surface area (Å²) in [6, 6.07) is 15.6. The number of nitrogens with zero attached hydrogens (tertiary/aromatic N) is 3. The number of fused-ring (bicyclic) bond motifs is 4. The van der Waals surface area contributed by atoms with E-state index >= 15 is 0 Å². The Morgan fingerprint density at radius 2 is 2.07 bits per heavy atom. The number of aromatic nitrogens is 2. The fourth-order valence-corrected chi connectivity index (χ4v) is 3.98. The van der Waals surface area contributed by atoms with E-state index in [-0.39, 0.29) is 0 Å². The van der Waals surface area contributed by atoms with Crippen molar-refractivity contribution in [3.05, 3.63) is 77.4 Å². The third-order valence-corrected chi connectivity index (χ3v) is 5.65. The number of benzene rings is 2. The van der Waals surface area contributed by atoms with Crippen LogP contribution in [0.2, 0.25) is 0 Å². The second-order valence-corrected chi connectivity index (χ2v) is 7.80. The SMILES string of the molecule is Cn1cncc1C1(N)CCCCCOCc2cccc(c2)Oc2cc1ccc2C#N. The van der Waals surface area contributed by atoms with Gasteiger partial charge in [0.05, 0.1) is 35.9 Å². The average molecular weight is 402 g/mol. The van der Waals surface area contributed by atoms with Crippen LogP contribution >= 0.6 is 0 Å². The molecule has 2 aromatic carbocycles. The zero-order valence-corrected chi connectivity index (χ0v) is 17.2. The van der Waals surface area contributed by atoms with Crippen molar-refractivity contribution >= 4 is 0 Å². The first-order chi connectivity index (χ1) is 14.6. The van der Waals surface area contributed by atoms with Crippen molar-refractivity contribution in [2.45, 2.75) is 37.8 Å². The number of imidazole rings is 1. The lowest BCUT2D eigenvalue weighted by molar-refractivity contribution is 0.116. The summed E-state index contributed by atoms with van der Waals surface area (Å²) in [5.74, 6) is 1.17. The van der Waals surface area contributed by atoms with E-state index in [4.69, 9.17) is 15.2 Å². The van der Waals surface area contributed by atoms with Gasteiger partial charge in [0, 0.05) is 13.7 Å². The van der Waals surface area contributed by atoms with Gasteiger partial charge in [-0.2, -0.15) is 5.26 Å². The van der Waals surface area contributed by atoms with Gasteiger partial charge in [0.1, 0.15) is 17.6 Å². The Balaban J connectivity index is 1.81. The summed E-state index contributed by atoms with van der Waals surface area (Å²) in [4.78, 5) is 4.28. The normalized spacial score (nSPS) is 19.8. The highest BCUT2D eigenvalue weighted by Gasteiger charge is 2.33. The lowest BCUT2D eigenvalue weighted by atomic mass is 9.82. The van der Waals surface area contributed by atoms with Crippen LogP contribution in [0.1, 0.15) is 48.1 Å². The molecule has 0 amide bonds. The molecule has 1 atom stereocenters. The Kier molecular flexibility index (Phi) is 5.84. The molecule has 6 heteroatoms. The van der Waals surface area contributed by atoms with Crippen molar-refractivity contribution in [3.8, 4) is 17.6 Å². The molecule has 0 aliphatic carbocycles. The van der Waals surface area contributed by atoms with Crippen LogP contribution in [0.5, 0.6) is 11.5 Å². The summed E-state index contributed by atoms with van der Waals surface area (Å²) in [5.41, 5.74) is 9.65. The molecule has 1 aliphatic rings. The van der Waals surface area contributed by atoms with Crippen LogP contribution in [0.25, 0.3) is 0 Å². The van der Waals surface area contributed by atoms with Crippen molar-refractivity contribution in [3.63, 3.8) is 0 Å². The van der Waals surface area contributed by atoms with Crippen LogP contribution in [0.3, 0.4) is 0 Å². The Morgan fingerprint density at radius 3 is 2.87 bits per heavy atom. The van der Waals surface area contributed by atoms with Crippen molar-refractivity contribution in [2.75, 3.05) is 6.61 Å². The van der Waals surface area contributed by atoms with E-state index in [1.807, 2.05) is 54.2 Å². The fraction of sp³-hybridized carbons (Fsp3) is 0.333. The lowest BCUT2D eigenvalue weighted by Gasteiger charge is -2.31. The lowest BCUT2D eigenvalue weighted by Crippen LogP contribution is -2.39. The second kappa shape index (κ2) is 8.70. The Hall–Kier alpha value is -3.14. The maximum atomic E-state index is 9.61. The minimum Gasteiger partial charge on any atom is -0.456 e. The van der Waals surface area contributed by atoms with Crippen LogP contribution in [-0.2, 0) is 23.9 Å². The first-order valence-electron chi connectivity index (χ1n) is 10.2. The van der Waals surface area contributed by atoms with Gasteiger partial charge in [-0.05, 0) is 48.2 Å². The first-order valence-corrected chi connectivity index (χ1v) is 10.2. The predicted octanol–water partition coefficient (Wildman–Crippen LogP) is 4.38. The minimum atomic E-state index is -0.736. The summed E-state index contributed by atoms with van der Waals surface area (Å²) >= 11 is 0. The molecule has 0 fully saturated rings. The topological polar surface area (TPSA) is 86.1 Å². The molecular weight excluding hydrogens is 376 g/mol. The molecule has 1 aromatic heterocycles. The third-order valence-electron chi connectivity index (χ3n) is 5.65. The molecule has 0 saturated carbocycles. The molecule has 154 valence electrons. The van der Waals surface area contributed by atoms with Crippen molar-refractivity contribution in [2.24, 2.45) is 12.8 Å². The van der Waals surface area contributed by atoms with Gasteiger partial charge < -0.3 is 19.8 Å². The highest BCUT2D eigenvalue weighted by atomic mass is 16.5. The Morgan fingerprint density at radius 1 is 1.17 bits per heavy atom. The van der Waals surface area contributed by atoms with Gasteiger partial charge in [-0.1, -0.05) is 31.0 Å². The van der Waals surface area contributed by atoms with Crippen molar-refractivity contribution in [1.29, 1.82) is 5.26 Å². The summed E-state index contributed by atoms with van der Waals surface area (Å²) in [6.45, 7) is 1.25. The van der Waals surface area contributed by atoms with E-state index < -0.39 is 5.54 Å². The van der Waals surface area contributed by atoms with Gasteiger partial charge in [0.15, 0.2) is 0 Å². The molecule has 2 N–H and O–H groups in total. The molecule has 4 bridgehead atoms. The zero-order valence-electron chi connectivity index (χ0n) is 17.2. The third kappa shape index (κ3) is 4.09. The molecular formula is C24H26N4O2. The molecule has 3 aromatic rings.